The molecule has 0 saturated carbocycles. The van der Waals surface area contributed by atoms with Crippen molar-refractivity contribution in [2.75, 3.05) is 13.7 Å². The Balaban J connectivity index is 1.22. The molecule has 1 fully saturated rings. The Bertz CT molecular complexity index is 1260. The fourth-order valence-corrected chi connectivity index (χ4v) is 4.24. The van der Waals surface area contributed by atoms with Gasteiger partial charge in [-0.25, -0.2) is 4.68 Å². The molecule has 3 heterocycles. The van der Waals surface area contributed by atoms with Crippen molar-refractivity contribution in [2.24, 2.45) is 5.73 Å². The van der Waals surface area contributed by atoms with Crippen molar-refractivity contribution >= 4 is 5.96 Å². The molecule has 2 aromatic heterocycles. The number of hydrogen-bond acceptors (Lipinski definition) is 7. The highest BCUT2D eigenvalue weighted by Gasteiger charge is 2.27. The predicted octanol–water partition coefficient (Wildman–Crippen LogP) is 2.95. The molecule has 1 atom stereocenters. The van der Waals surface area contributed by atoms with Crippen molar-refractivity contribution in [2.45, 2.75) is 31.8 Å². The van der Waals surface area contributed by atoms with E-state index in [1.54, 1.807) is 7.11 Å². The van der Waals surface area contributed by atoms with Gasteiger partial charge in [-0.3, -0.25) is 5.41 Å². The van der Waals surface area contributed by atoms with Crippen LogP contribution in [0.25, 0.3) is 22.6 Å². The number of rotatable bonds is 7. The van der Waals surface area contributed by atoms with E-state index in [9.17, 15) is 0 Å². The average molecular weight is 459 g/mol. The average Bonchev–Trinajstić information content (AvgIpc) is 3.61. The molecule has 0 aliphatic carbocycles. The van der Waals surface area contributed by atoms with Gasteiger partial charge in [-0.05, 0) is 42.7 Å². The van der Waals surface area contributed by atoms with Crippen LogP contribution in [0, 0.1) is 5.41 Å². The molecule has 1 aliphatic rings. The van der Waals surface area contributed by atoms with Crippen LogP contribution in [0.3, 0.4) is 0 Å². The first-order valence-electron chi connectivity index (χ1n) is 11.2. The Morgan fingerprint density at radius 1 is 1.15 bits per heavy atom. The normalized spacial score (nSPS) is 15.6. The van der Waals surface area contributed by atoms with Gasteiger partial charge in [0, 0.05) is 30.1 Å². The van der Waals surface area contributed by atoms with E-state index in [0.717, 1.165) is 47.5 Å². The Hall–Kier alpha value is -4.21. The Kier molecular flexibility index (Phi) is 5.94. The first-order chi connectivity index (χ1) is 16.6. The van der Waals surface area contributed by atoms with Crippen molar-refractivity contribution in [1.29, 1.82) is 5.41 Å². The van der Waals surface area contributed by atoms with Crippen LogP contribution in [0.1, 0.15) is 24.3 Å². The summed E-state index contributed by atoms with van der Waals surface area (Å²) < 4.78 is 12.5. The lowest BCUT2D eigenvalue weighted by Crippen LogP contribution is -2.41. The Morgan fingerprint density at radius 3 is 2.65 bits per heavy atom. The molecule has 0 unspecified atom stereocenters. The first-order valence-corrected chi connectivity index (χ1v) is 11.2. The summed E-state index contributed by atoms with van der Waals surface area (Å²) in [5.74, 6) is 2.02. The topological polar surface area (TPSA) is 132 Å². The lowest BCUT2D eigenvalue weighted by Gasteiger charge is -2.23. The maximum Gasteiger partial charge on any atom is 0.229 e. The van der Waals surface area contributed by atoms with E-state index in [2.05, 4.69) is 20.5 Å². The molecule has 0 radical (unpaired) electrons. The summed E-state index contributed by atoms with van der Waals surface area (Å²) >= 11 is 0. The molecule has 4 aromatic rings. The van der Waals surface area contributed by atoms with E-state index < -0.39 is 0 Å². The molecule has 10 heteroatoms. The summed E-state index contributed by atoms with van der Waals surface area (Å²) in [4.78, 5) is 6.44. The molecule has 10 nitrogen and oxygen atoms in total. The third-order valence-electron chi connectivity index (χ3n) is 6.05. The molecular weight excluding hydrogens is 432 g/mol. The maximum absolute atomic E-state index is 7.71. The molecule has 2 aromatic carbocycles. The van der Waals surface area contributed by atoms with E-state index in [-0.39, 0.29) is 12.0 Å². The maximum atomic E-state index is 7.71. The SMILES string of the molecule is COc1ccc(-c2cn(Cc3ccc(-c4noc(C[C@@H]5CCCN5C(=N)N)n4)cc3)nn2)cc1. The zero-order valence-electron chi connectivity index (χ0n) is 18.9. The van der Waals surface area contributed by atoms with Crippen LogP contribution in [-0.4, -0.2) is 55.7 Å². The van der Waals surface area contributed by atoms with Crippen molar-refractivity contribution in [1.82, 2.24) is 30.0 Å². The highest BCUT2D eigenvalue weighted by atomic mass is 16.5. The highest BCUT2D eigenvalue weighted by Crippen LogP contribution is 2.23. The van der Waals surface area contributed by atoms with Gasteiger partial charge in [0.25, 0.3) is 0 Å². The van der Waals surface area contributed by atoms with Crippen LogP contribution < -0.4 is 10.5 Å². The summed E-state index contributed by atoms with van der Waals surface area (Å²) in [7, 11) is 1.65. The highest BCUT2D eigenvalue weighted by molar-refractivity contribution is 5.75. The van der Waals surface area contributed by atoms with Gasteiger partial charge in [-0.1, -0.05) is 34.6 Å². The van der Waals surface area contributed by atoms with Gasteiger partial charge in [0.1, 0.15) is 11.4 Å². The smallest absolute Gasteiger partial charge is 0.229 e. The molecule has 1 saturated heterocycles. The summed E-state index contributed by atoms with van der Waals surface area (Å²) in [5.41, 5.74) is 9.44. The standard InChI is InChI=1S/C24H26N8O2/c1-33-20-10-8-17(9-11-20)21-15-31(30-28-21)14-16-4-6-18(7-5-16)23-27-22(34-29-23)13-19-3-2-12-32(19)24(25)26/h4-11,15,19H,2-3,12-14H2,1H3,(H3,25,26)/t19-/m0/s1. The Morgan fingerprint density at radius 2 is 1.91 bits per heavy atom. The summed E-state index contributed by atoms with van der Waals surface area (Å²) in [5, 5.41) is 20.4. The number of hydrogen-bond donors (Lipinski definition) is 2. The zero-order chi connectivity index (χ0) is 23.5. The minimum absolute atomic E-state index is 0.0985. The number of aromatic nitrogens is 5. The molecule has 174 valence electrons. The number of benzene rings is 2. The number of ether oxygens (including phenoxy) is 1. The fourth-order valence-electron chi connectivity index (χ4n) is 4.24. The van der Waals surface area contributed by atoms with Crippen LogP contribution in [-0.2, 0) is 13.0 Å². The second kappa shape index (κ2) is 9.34. The molecule has 0 amide bonds. The Labute approximate surface area is 196 Å². The minimum Gasteiger partial charge on any atom is -0.497 e. The van der Waals surface area contributed by atoms with E-state index in [1.807, 2.05) is 64.3 Å². The number of likely N-dealkylation sites (tertiary alicyclic amines) is 1. The van der Waals surface area contributed by atoms with Crippen LogP contribution in [0.5, 0.6) is 5.75 Å². The van der Waals surface area contributed by atoms with Crippen LogP contribution in [0.4, 0.5) is 0 Å². The number of nitrogens with zero attached hydrogens (tertiary/aromatic N) is 6. The number of methoxy groups -OCH3 is 1. The van der Waals surface area contributed by atoms with Gasteiger partial charge in [0.05, 0.1) is 19.9 Å². The second-order valence-corrected chi connectivity index (χ2v) is 8.32. The lowest BCUT2D eigenvalue weighted by molar-refractivity contribution is 0.320. The zero-order valence-corrected chi connectivity index (χ0v) is 18.9. The number of nitrogens with one attached hydrogen (secondary N) is 1. The van der Waals surface area contributed by atoms with Crippen molar-refractivity contribution in [3.05, 3.63) is 66.2 Å². The monoisotopic (exact) mass is 458 g/mol. The van der Waals surface area contributed by atoms with E-state index in [1.165, 1.54) is 0 Å². The third-order valence-corrected chi connectivity index (χ3v) is 6.05. The summed E-state index contributed by atoms with van der Waals surface area (Å²) in [6, 6.07) is 15.9. The largest absolute Gasteiger partial charge is 0.497 e. The van der Waals surface area contributed by atoms with Crippen LogP contribution in [0.15, 0.2) is 59.3 Å². The molecule has 0 bridgehead atoms. The van der Waals surface area contributed by atoms with Crippen LogP contribution in [0.2, 0.25) is 0 Å². The fraction of sp³-hybridized carbons (Fsp3) is 0.292. The van der Waals surface area contributed by atoms with Crippen LogP contribution >= 0.6 is 0 Å². The van der Waals surface area contributed by atoms with Gasteiger partial charge in [0.15, 0.2) is 5.96 Å². The second-order valence-electron chi connectivity index (χ2n) is 8.32. The lowest BCUT2D eigenvalue weighted by atomic mass is 10.1. The van der Waals surface area contributed by atoms with E-state index in [4.69, 9.17) is 20.4 Å². The molecule has 1 aliphatic heterocycles. The predicted molar refractivity (Wildman–Crippen MR) is 126 cm³/mol. The minimum atomic E-state index is 0.0985. The molecule has 5 rings (SSSR count). The van der Waals surface area contributed by atoms with Gasteiger partial charge >= 0.3 is 0 Å². The van der Waals surface area contributed by atoms with Gasteiger partial charge in [-0.15, -0.1) is 5.10 Å². The summed E-state index contributed by atoms with van der Waals surface area (Å²) in [6.45, 7) is 1.40. The molecule has 0 spiro atoms. The van der Waals surface area contributed by atoms with Crippen molar-refractivity contribution in [3.8, 4) is 28.4 Å². The van der Waals surface area contributed by atoms with Crippen molar-refractivity contribution in [3.63, 3.8) is 0 Å². The van der Waals surface area contributed by atoms with Gasteiger partial charge in [0.2, 0.25) is 11.7 Å². The molecular formula is C24H26N8O2. The van der Waals surface area contributed by atoms with E-state index >= 15 is 0 Å². The first kappa shape index (κ1) is 21.6. The van der Waals surface area contributed by atoms with Gasteiger partial charge < -0.3 is 19.9 Å². The quantitative estimate of drug-likeness (QED) is 0.319. The number of nitrogens with two attached hydrogens (primary N) is 1. The third kappa shape index (κ3) is 4.61. The summed E-state index contributed by atoms with van der Waals surface area (Å²) in [6.07, 6.45) is 4.50. The number of guanidine groups is 1. The van der Waals surface area contributed by atoms with Crippen molar-refractivity contribution < 1.29 is 9.26 Å². The molecule has 3 N–H and O–H groups in total. The van der Waals surface area contributed by atoms with Gasteiger partial charge in [-0.2, -0.15) is 4.98 Å². The molecule has 34 heavy (non-hydrogen) atoms. The van der Waals surface area contributed by atoms with E-state index in [0.29, 0.717) is 24.7 Å².